The van der Waals surface area contributed by atoms with Crippen LogP contribution in [0.25, 0.3) is 5.32 Å². The Hall–Kier alpha value is -4.17. The van der Waals surface area contributed by atoms with Gasteiger partial charge in [-0.25, -0.2) is 0 Å². The minimum atomic E-state index is -1.27. The van der Waals surface area contributed by atoms with Crippen LogP contribution in [-0.4, -0.2) is 98.0 Å². The predicted molar refractivity (Wildman–Crippen MR) is 201 cm³/mol. The molecule has 1 unspecified atom stereocenters. The Labute approximate surface area is 338 Å². The quantitative estimate of drug-likeness (QED) is 0.0559. The first-order chi connectivity index (χ1) is 24.7. The van der Waals surface area contributed by atoms with Crippen LogP contribution < -0.4 is 27.0 Å². The summed E-state index contributed by atoms with van der Waals surface area (Å²) in [5.41, 5.74) is 8.47. The molecule has 6 N–H and O–H groups in total. The summed E-state index contributed by atoms with van der Waals surface area (Å²) < 4.78 is 0. The van der Waals surface area contributed by atoms with Gasteiger partial charge in [0.15, 0.2) is 0 Å². The number of rotatable bonds is 16. The van der Waals surface area contributed by atoms with E-state index in [0.29, 0.717) is 38.1 Å². The fourth-order valence-corrected chi connectivity index (χ4v) is 6.33. The third kappa shape index (κ3) is 14.3. The SMILES string of the molecule is CC[C@@H](C(=O)[N-]C)N(C)C(=O)[C@H](CCCN=C(C)N)NC(=O)[C@@H](Cc1ccccc1)NC(=O)C1(NC(C)=O)CCc2c(C)cccc2C1.CN[C-]=O.[Y]. The number of carbonyl (C=O) groups excluding carboxylic acids is 6. The number of hydrogen-bond donors (Lipinski definition) is 5. The smallest absolute Gasteiger partial charge is 0.246 e. The van der Waals surface area contributed by atoms with Crippen molar-refractivity contribution in [1.29, 1.82) is 0 Å². The van der Waals surface area contributed by atoms with Gasteiger partial charge in [-0.1, -0.05) is 55.5 Å². The molecule has 0 aliphatic heterocycles. The van der Waals surface area contributed by atoms with Gasteiger partial charge in [-0.05, 0) is 75.3 Å². The predicted octanol–water partition coefficient (Wildman–Crippen LogP) is 1.77. The van der Waals surface area contributed by atoms with E-state index in [1.807, 2.05) is 55.5 Å². The number of amidine groups is 1. The minimum Gasteiger partial charge on any atom is -0.654 e. The van der Waals surface area contributed by atoms with Crippen LogP contribution >= 0.6 is 0 Å². The normalized spacial score (nSPS) is 16.3. The molecule has 1 aliphatic rings. The number of aryl methyl sites for hydroxylation is 1. The van der Waals surface area contributed by atoms with Gasteiger partial charge >= 0.3 is 0 Å². The zero-order chi connectivity index (χ0) is 38.8. The fraction of sp³-hybridized carbons (Fsp3) is 0.500. The standard InChI is InChI=1S/C36H51N7O5.C2H4NO.Y/c1-7-31(33(46)38-5)43(6)34(47)29(17-12-20-39-24(3)37)40-32(45)30(21-26-14-9-8-10-15-26)41-35(48)36(42-25(4)44)19-18-28-23(2)13-11-16-27(28)22-36;1-3-2-4;/h8-11,13-16,29-31H,7,12,17-22H2,1-6H3,(H6,37,38,39,40,41,42,44,45,46,48);1H3,(H,3,4);/q;-1;/p-1/t29-,30+,31-,36?;;/m0../s1. The molecule has 2 aromatic rings. The average Bonchev–Trinajstić information content (AvgIpc) is 3.12. The molecule has 0 heterocycles. The Morgan fingerprint density at radius 2 is 1.70 bits per heavy atom. The van der Waals surface area contributed by atoms with Gasteiger partial charge in [-0.3, -0.25) is 24.2 Å². The van der Waals surface area contributed by atoms with Crippen LogP contribution in [0, 0.1) is 6.92 Å². The van der Waals surface area contributed by atoms with E-state index in [4.69, 9.17) is 10.5 Å². The number of fused-ring (bicyclic) bond motifs is 1. The molecule has 0 fully saturated rings. The monoisotopic (exact) mass is 807 g/mol. The third-order valence-corrected chi connectivity index (χ3v) is 8.99. The van der Waals surface area contributed by atoms with Crippen LogP contribution in [0.4, 0.5) is 0 Å². The van der Waals surface area contributed by atoms with Crippen LogP contribution in [0.5, 0.6) is 0 Å². The van der Waals surface area contributed by atoms with E-state index in [2.05, 4.69) is 31.6 Å². The van der Waals surface area contributed by atoms with Crippen LogP contribution in [0.1, 0.15) is 68.7 Å². The molecule has 1 aliphatic carbocycles. The summed E-state index contributed by atoms with van der Waals surface area (Å²) in [4.78, 5) is 81.6. The van der Waals surface area contributed by atoms with Gasteiger partial charge in [0.1, 0.15) is 17.6 Å². The van der Waals surface area contributed by atoms with Crippen molar-refractivity contribution in [3.63, 3.8) is 0 Å². The summed E-state index contributed by atoms with van der Waals surface area (Å²) >= 11 is 0. The van der Waals surface area contributed by atoms with Crippen molar-refractivity contribution in [1.82, 2.24) is 26.2 Å². The Morgan fingerprint density at radius 1 is 1.04 bits per heavy atom. The first kappa shape index (κ1) is 46.9. The van der Waals surface area contributed by atoms with E-state index < -0.39 is 47.3 Å². The number of benzene rings is 2. The van der Waals surface area contributed by atoms with E-state index in [-0.39, 0.29) is 57.9 Å². The van der Waals surface area contributed by atoms with E-state index in [0.717, 1.165) is 22.3 Å². The minimum absolute atomic E-state index is 0. The number of nitrogens with zero attached hydrogens (tertiary/aromatic N) is 3. The second kappa shape index (κ2) is 23.5. The van der Waals surface area contributed by atoms with Gasteiger partial charge in [0.2, 0.25) is 23.6 Å². The second-order valence-corrected chi connectivity index (χ2v) is 12.9. The van der Waals surface area contributed by atoms with Crippen molar-refractivity contribution >= 4 is 41.8 Å². The Bertz CT molecular complexity index is 1570. The Kier molecular flexibility index (Phi) is 20.8. The molecule has 0 saturated heterocycles. The van der Waals surface area contributed by atoms with E-state index in [1.165, 1.54) is 39.4 Å². The van der Waals surface area contributed by atoms with Crippen molar-refractivity contribution < 1.29 is 61.5 Å². The van der Waals surface area contributed by atoms with E-state index >= 15 is 0 Å². The molecule has 3 rings (SSSR count). The molecular weight excluding hydrogens is 753 g/mol. The van der Waals surface area contributed by atoms with Crippen molar-refractivity contribution in [2.75, 3.05) is 27.7 Å². The first-order valence-corrected chi connectivity index (χ1v) is 17.5. The molecule has 287 valence electrons. The number of carbonyl (C=O) groups is 5. The van der Waals surface area contributed by atoms with Crippen LogP contribution in [0.2, 0.25) is 0 Å². The van der Waals surface area contributed by atoms with Crippen molar-refractivity contribution in [2.24, 2.45) is 10.7 Å². The Morgan fingerprint density at radius 3 is 2.26 bits per heavy atom. The van der Waals surface area contributed by atoms with Gasteiger partial charge < -0.3 is 46.8 Å². The average molecular weight is 808 g/mol. The summed E-state index contributed by atoms with van der Waals surface area (Å²) in [5, 5.41) is 14.6. The zero-order valence-corrected chi connectivity index (χ0v) is 34.8. The summed E-state index contributed by atoms with van der Waals surface area (Å²) in [6.45, 7) is 7.19. The van der Waals surface area contributed by atoms with Crippen LogP contribution in [-0.2, 0) is 80.7 Å². The van der Waals surface area contributed by atoms with E-state index in [9.17, 15) is 24.0 Å². The molecule has 6 amide bonds. The number of nitrogens with two attached hydrogens (primary N) is 1. The number of likely N-dealkylation sites (N-methyl/N-ethyl adjacent to an activating group) is 2. The number of amides is 6. The molecule has 0 aromatic heterocycles. The van der Waals surface area contributed by atoms with Gasteiger partial charge in [0, 0.05) is 66.1 Å². The molecule has 1 radical (unpaired) electrons. The molecule has 0 saturated carbocycles. The maximum atomic E-state index is 14.2. The van der Waals surface area contributed by atoms with Gasteiger partial charge in [0.25, 0.3) is 0 Å². The second-order valence-electron chi connectivity index (χ2n) is 12.9. The summed E-state index contributed by atoms with van der Waals surface area (Å²) in [6, 6.07) is 12.3. The van der Waals surface area contributed by atoms with Gasteiger partial charge in [0.05, 0.1) is 17.8 Å². The molecule has 2 aromatic carbocycles. The summed E-state index contributed by atoms with van der Waals surface area (Å²) in [7, 11) is 4.41. The molecule has 4 atom stereocenters. The van der Waals surface area contributed by atoms with Crippen LogP contribution in [0.3, 0.4) is 0 Å². The molecule has 0 bridgehead atoms. The van der Waals surface area contributed by atoms with Crippen molar-refractivity contribution in [3.05, 3.63) is 76.1 Å². The summed E-state index contributed by atoms with van der Waals surface area (Å²) in [6.07, 6.45) is 3.79. The number of aliphatic imine (C=N–C) groups is 1. The maximum Gasteiger partial charge on any atom is 0.246 e. The van der Waals surface area contributed by atoms with Crippen molar-refractivity contribution in [3.8, 4) is 0 Å². The van der Waals surface area contributed by atoms with Gasteiger partial charge in [-0.15, -0.1) is 7.05 Å². The van der Waals surface area contributed by atoms with Gasteiger partial charge in [-0.2, -0.15) is 6.41 Å². The molecule has 14 nitrogen and oxygen atoms in total. The largest absolute Gasteiger partial charge is 0.654 e. The summed E-state index contributed by atoms with van der Waals surface area (Å²) in [5.74, 6) is -1.90. The molecule has 53 heavy (non-hydrogen) atoms. The van der Waals surface area contributed by atoms with E-state index in [1.54, 1.807) is 13.8 Å². The number of nitrogens with one attached hydrogen (secondary N) is 4. The van der Waals surface area contributed by atoms with Crippen LogP contribution in [0.15, 0.2) is 53.5 Å². The first-order valence-electron chi connectivity index (χ1n) is 17.5. The topological polar surface area (TPSA) is 206 Å². The molecule has 0 spiro atoms. The zero-order valence-electron chi connectivity index (χ0n) is 32.0. The Balaban J connectivity index is 0.00000267. The van der Waals surface area contributed by atoms with Crippen molar-refractivity contribution in [2.45, 2.75) is 96.3 Å². The molecule has 15 heteroatoms. The number of hydrogen-bond acceptors (Lipinski definition) is 7. The maximum absolute atomic E-state index is 14.2. The fourth-order valence-electron chi connectivity index (χ4n) is 6.33. The third-order valence-electron chi connectivity index (χ3n) is 8.99. The molecular formula is C38H54N8O6Y-2.